The summed E-state index contributed by atoms with van der Waals surface area (Å²) in [6, 6.07) is 13.9. The molecule has 1 spiro atoms. The van der Waals surface area contributed by atoms with E-state index in [0.717, 1.165) is 12.1 Å². The highest BCUT2D eigenvalue weighted by atomic mass is 19.4. The highest BCUT2D eigenvalue weighted by molar-refractivity contribution is 6.32. The van der Waals surface area contributed by atoms with Crippen LogP contribution in [-0.2, 0) is 15.8 Å². The minimum atomic E-state index is -4.58. The van der Waals surface area contributed by atoms with Gasteiger partial charge < -0.3 is 10.2 Å². The zero-order chi connectivity index (χ0) is 28.6. The molecule has 6 rings (SSSR count). The fourth-order valence-corrected chi connectivity index (χ4v) is 6.70. The lowest BCUT2D eigenvalue weighted by Crippen LogP contribution is -2.48. The Morgan fingerprint density at radius 1 is 0.875 bits per heavy atom. The summed E-state index contributed by atoms with van der Waals surface area (Å²) in [5.41, 5.74) is -0.329. The van der Waals surface area contributed by atoms with Gasteiger partial charge in [0, 0.05) is 35.2 Å². The van der Waals surface area contributed by atoms with Crippen LogP contribution in [0.4, 0.5) is 24.5 Å². The molecule has 0 bridgehead atoms. The predicted octanol–water partition coefficient (Wildman–Crippen LogP) is 5.69. The monoisotopic (exact) mass is 544 g/mol. The van der Waals surface area contributed by atoms with E-state index in [-0.39, 0.29) is 28.4 Å². The van der Waals surface area contributed by atoms with E-state index in [0.29, 0.717) is 16.9 Å². The van der Waals surface area contributed by atoms with Gasteiger partial charge in [-0.2, -0.15) is 13.2 Å². The van der Waals surface area contributed by atoms with Crippen molar-refractivity contribution in [2.45, 2.75) is 38.0 Å². The van der Waals surface area contributed by atoms with E-state index >= 15 is 0 Å². The second kappa shape index (κ2) is 8.74. The normalized spacial score (nSPS) is 22.2. The fourth-order valence-electron chi connectivity index (χ4n) is 6.70. The van der Waals surface area contributed by atoms with Gasteiger partial charge in [-0.3, -0.25) is 19.2 Å². The second-order valence-electron chi connectivity index (χ2n) is 10.4. The molecule has 3 atom stereocenters. The lowest BCUT2D eigenvalue weighted by molar-refractivity contribution is -0.137. The average molecular weight is 545 g/mol. The first-order chi connectivity index (χ1) is 19.0. The molecular weight excluding hydrogens is 521 g/mol. The first kappa shape index (κ1) is 25.7. The van der Waals surface area contributed by atoms with Crippen LogP contribution in [0.25, 0.3) is 6.08 Å². The number of hydrogen-bond donors (Lipinski definition) is 1. The van der Waals surface area contributed by atoms with Crippen LogP contribution in [0, 0.1) is 5.41 Å². The van der Waals surface area contributed by atoms with Crippen molar-refractivity contribution in [3.05, 3.63) is 101 Å². The van der Waals surface area contributed by atoms with Crippen molar-refractivity contribution in [1.82, 2.24) is 0 Å². The van der Waals surface area contributed by atoms with Crippen molar-refractivity contribution in [3.63, 3.8) is 0 Å². The maximum atomic E-state index is 14.4. The number of halogens is 3. The van der Waals surface area contributed by atoms with Gasteiger partial charge in [-0.1, -0.05) is 54.6 Å². The number of nitrogens with one attached hydrogen (secondary N) is 1. The van der Waals surface area contributed by atoms with Crippen LogP contribution in [0.1, 0.15) is 57.2 Å². The fraction of sp³-hybridized carbons (Fsp3) is 0.226. The van der Waals surface area contributed by atoms with E-state index in [4.69, 9.17) is 0 Å². The van der Waals surface area contributed by atoms with Gasteiger partial charge in [0.05, 0.1) is 23.3 Å². The maximum absolute atomic E-state index is 14.4. The Balaban J connectivity index is 1.63. The Kier molecular flexibility index (Phi) is 5.62. The van der Waals surface area contributed by atoms with E-state index < -0.39 is 46.7 Å². The summed E-state index contributed by atoms with van der Waals surface area (Å²) >= 11 is 0. The Morgan fingerprint density at radius 2 is 1.50 bits per heavy atom. The zero-order valence-electron chi connectivity index (χ0n) is 21.5. The molecule has 40 heavy (non-hydrogen) atoms. The summed E-state index contributed by atoms with van der Waals surface area (Å²) in [5.74, 6) is -2.67. The molecule has 2 heterocycles. The molecule has 9 heteroatoms. The molecule has 1 N–H and O–H groups in total. The van der Waals surface area contributed by atoms with Gasteiger partial charge in [-0.25, -0.2) is 0 Å². The van der Waals surface area contributed by atoms with E-state index in [1.807, 2.05) is 0 Å². The lowest BCUT2D eigenvalue weighted by Gasteiger charge is -2.37. The molecule has 0 saturated carbocycles. The van der Waals surface area contributed by atoms with Crippen molar-refractivity contribution in [2.75, 3.05) is 10.2 Å². The largest absolute Gasteiger partial charge is 0.416 e. The second-order valence-corrected chi connectivity index (χ2v) is 10.4. The Labute approximate surface area is 227 Å². The average Bonchev–Trinajstić information content (AvgIpc) is 3.35. The van der Waals surface area contributed by atoms with Crippen molar-refractivity contribution in [3.8, 4) is 0 Å². The Morgan fingerprint density at radius 3 is 2.05 bits per heavy atom. The molecule has 0 aromatic heterocycles. The smallest absolute Gasteiger partial charge is 0.352 e. The van der Waals surface area contributed by atoms with Crippen LogP contribution in [0.3, 0.4) is 0 Å². The van der Waals surface area contributed by atoms with Gasteiger partial charge >= 0.3 is 6.18 Å². The number of carbonyl (C=O) groups is 4. The molecule has 0 unspecified atom stereocenters. The summed E-state index contributed by atoms with van der Waals surface area (Å²) in [6.07, 6.45) is -1.17. The topological polar surface area (TPSA) is 83.6 Å². The number of amides is 1. The van der Waals surface area contributed by atoms with Gasteiger partial charge in [0.1, 0.15) is 5.41 Å². The molecule has 6 nitrogen and oxygen atoms in total. The molecular formula is C31H23F3N2O4. The minimum Gasteiger partial charge on any atom is -0.352 e. The van der Waals surface area contributed by atoms with Crippen molar-refractivity contribution < 1.29 is 32.3 Å². The van der Waals surface area contributed by atoms with E-state index in [9.17, 15) is 32.3 Å². The number of rotatable bonds is 3. The van der Waals surface area contributed by atoms with Crippen LogP contribution in [0.2, 0.25) is 0 Å². The third-order valence-corrected chi connectivity index (χ3v) is 8.17. The first-order valence-electron chi connectivity index (χ1n) is 12.7. The number of ketones is 3. The predicted molar refractivity (Wildman–Crippen MR) is 142 cm³/mol. The molecule has 1 fully saturated rings. The SMILES string of the molecule is CC(=O)Nc1cccc2c1C=C[C@@H]1N2[C@@H](C(C)=O)[C@@H](c2ccc(C(F)(F)F)cc2)C12C(=O)c1ccccc1C2=O. The number of anilines is 2. The van der Waals surface area contributed by atoms with Crippen molar-refractivity contribution >= 4 is 40.7 Å². The molecule has 0 radical (unpaired) electrons. The molecule has 3 aliphatic rings. The number of fused-ring (bicyclic) bond motifs is 5. The highest BCUT2D eigenvalue weighted by Crippen LogP contribution is 2.61. The standard InChI is InChI=1S/C31H23F3N2O4/c1-16(37)27-26(18-10-12-19(13-11-18)31(32,33)34)30(28(39)20-6-3-4-7-21(20)29(30)40)25-15-14-22-23(35-17(2)38)8-5-9-24(22)36(25)27/h3-15,25-27H,1-2H3,(H,35,38)/t25-,26+,27-/m0/s1. The molecule has 1 amide bonds. The number of carbonyl (C=O) groups excluding carboxylic acids is 4. The summed E-state index contributed by atoms with van der Waals surface area (Å²) in [5, 5.41) is 2.77. The van der Waals surface area contributed by atoms with Crippen LogP contribution >= 0.6 is 0 Å². The van der Waals surface area contributed by atoms with Crippen LogP contribution in [0.5, 0.6) is 0 Å². The summed E-state index contributed by atoms with van der Waals surface area (Å²) in [4.78, 5) is 55.8. The lowest BCUT2D eigenvalue weighted by atomic mass is 9.64. The molecule has 3 aromatic carbocycles. The van der Waals surface area contributed by atoms with Crippen molar-refractivity contribution in [1.29, 1.82) is 0 Å². The van der Waals surface area contributed by atoms with Gasteiger partial charge in [0.2, 0.25) is 5.91 Å². The quantitative estimate of drug-likeness (QED) is 0.429. The van der Waals surface area contributed by atoms with Crippen LogP contribution in [-0.4, -0.2) is 35.3 Å². The molecule has 1 saturated heterocycles. The first-order valence-corrected chi connectivity index (χ1v) is 12.7. The van der Waals surface area contributed by atoms with Crippen molar-refractivity contribution in [2.24, 2.45) is 5.41 Å². The van der Waals surface area contributed by atoms with Gasteiger partial charge in [0.25, 0.3) is 0 Å². The number of benzene rings is 3. The van der Waals surface area contributed by atoms with E-state index in [1.165, 1.54) is 26.0 Å². The van der Waals surface area contributed by atoms with Gasteiger partial charge in [0.15, 0.2) is 17.3 Å². The Hall–Kier alpha value is -4.53. The van der Waals surface area contributed by atoms with Crippen LogP contribution in [0.15, 0.2) is 72.8 Å². The molecule has 1 aliphatic carbocycles. The minimum absolute atomic E-state index is 0.222. The van der Waals surface area contributed by atoms with Crippen LogP contribution < -0.4 is 10.2 Å². The molecule has 202 valence electrons. The number of alkyl halides is 3. The zero-order valence-corrected chi connectivity index (χ0v) is 21.5. The van der Waals surface area contributed by atoms with E-state index in [1.54, 1.807) is 59.5 Å². The maximum Gasteiger partial charge on any atom is 0.416 e. The molecule has 2 aliphatic heterocycles. The number of hydrogen-bond acceptors (Lipinski definition) is 5. The summed E-state index contributed by atoms with van der Waals surface area (Å²) < 4.78 is 40.3. The van der Waals surface area contributed by atoms with Gasteiger partial charge in [-0.15, -0.1) is 0 Å². The Bertz CT molecular complexity index is 1610. The van der Waals surface area contributed by atoms with E-state index in [2.05, 4.69) is 5.32 Å². The number of Topliss-reactive ketones (excluding diaryl/α,β-unsaturated/α-hetero) is 3. The third kappa shape index (κ3) is 3.43. The highest BCUT2D eigenvalue weighted by Gasteiger charge is 2.71. The summed E-state index contributed by atoms with van der Waals surface area (Å²) in [7, 11) is 0. The molecule has 3 aromatic rings. The summed E-state index contributed by atoms with van der Waals surface area (Å²) in [6.45, 7) is 2.72. The van der Waals surface area contributed by atoms with Gasteiger partial charge in [-0.05, 0) is 36.8 Å². The third-order valence-electron chi connectivity index (χ3n) is 8.17. The number of nitrogens with zero attached hydrogens (tertiary/aromatic N) is 1.